The number of anilines is 1. The highest BCUT2D eigenvalue weighted by molar-refractivity contribution is 6.52. The van der Waals surface area contributed by atoms with E-state index in [0.29, 0.717) is 11.4 Å². The molecule has 10 heteroatoms. The van der Waals surface area contributed by atoms with Crippen molar-refractivity contribution in [2.45, 2.75) is 6.92 Å². The maximum Gasteiger partial charge on any atom is 0.271 e. The predicted octanol–water partition coefficient (Wildman–Crippen LogP) is 4.38. The van der Waals surface area contributed by atoms with E-state index >= 15 is 0 Å². The van der Waals surface area contributed by atoms with Gasteiger partial charge in [-0.3, -0.25) is 9.59 Å². The van der Waals surface area contributed by atoms with Gasteiger partial charge in [-0.1, -0.05) is 52.5 Å². The van der Waals surface area contributed by atoms with Crippen LogP contribution >= 0.6 is 46.4 Å². The average Bonchev–Trinajstić information content (AvgIpc) is 2.61. The molecule has 0 aliphatic rings. The molecule has 0 radical (unpaired) electrons. The lowest BCUT2D eigenvalue weighted by molar-refractivity contribution is -0.115. The summed E-state index contributed by atoms with van der Waals surface area (Å²) in [6.07, 6.45) is 0. The molecule has 1 heterocycles. The monoisotopic (exact) mass is 435 g/mol. The van der Waals surface area contributed by atoms with Gasteiger partial charge >= 0.3 is 0 Å². The largest absolute Gasteiger partial charge is 0.495 e. The maximum atomic E-state index is 12.2. The molecular formula is C16H13Cl4N3O3. The normalized spacial score (nSPS) is 10.4. The van der Waals surface area contributed by atoms with Crippen LogP contribution in [-0.2, 0) is 4.79 Å². The first kappa shape index (κ1) is 20.6. The molecule has 2 amide bonds. The van der Waals surface area contributed by atoms with Crippen molar-refractivity contribution in [2.24, 2.45) is 0 Å². The van der Waals surface area contributed by atoms with Crippen LogP contribution in [0.2, 0.25) is 20.2 Å². The number of pyridine rings is 1. The van der Waals surface area contributed by atoms with Crippen LogP contribution in [0.1, 0.15) is 16.1 Å². The lowest BCUT2D eigenvalue weighted by Crippen LogP contribution is -2.33. The number of rotatable bonds is 5. The van der Waals surface area contributed by atoms with Gasteiger partial charge in [0.25, 0.3) is 5.91 Å². The van der Waals surface area contributed by atoms with Crippen molar-refractivity contribution in [3.63, 3.8) is 0 Å². The third-order valence-corrected chi connectivity index (χ3v) is 4.92. The number of carbonyl (C=O) groups excluding carboxylic acids is 2. The van der Waals surface area contributed by atoms with E-state index in [2.05, 4.69) is 15.6 Å². The molecule has 0 fully saturated rings. The first-order chi connectivity index (χ1) is 12.2. The maximum absolute atomic E-state index is 12.2. The summed E-state index contributed by atoms with van der Waals surface area (Å²) in [4.78, 5) is 28.1. The molecule has 2 aromatic rings. The molecule has 1 aromatic heterocycles. The molecule has 1 aromatic carbocycles. The second-order valence-corrected chi connectivity index (χ2v) is 6.62. The van der Waals surface area contributed by atoms with Crippen molar-refractivity contribution in [2.75, 3.05) is 19.0 Å². The SMILES string of the molecule is COc1ccc(C)cc1NC(=O)CNC(=O)c1nc(Cl)c(Cl)c(Cl)c1Cl. The van der Waals surface area contributed by atoms with E-state index in [1.807, 2.05) is 13.0 Å². The summed E-state index contributed by atoms with van der Waals surface area (Å²) in [6, 6.07) is 5.32. The quantitative estimate of drug-likeness (QED) is 0.681. The van der Waals surface area contributed by atoms with E-state index in [-0.39, 0.29) is 32.5 Å². The summed E-state index contributed by atoms with van der Waals surface area (Å²) in [6.45, 7) is 1.55. The minimum Gasteiger partial charge on any atom is -0.495 e. The molecule has 0 saturated heterocycles. The van der Waals surface area contributed by atoms with E-state index in [4.69, 9.17) is 51.1 Å². The van der Waals surface area contributed by atoms with Crippen molar-refractivity contribution in [3.05, 3.63) is 49.7 Å². The second kappa shape index (κ2) is 8.77. The van der Waals surface area contributed by atoms with Crippen LogP contribution in [0.4, 0.5) is 5.69 Å². The number of aromatic nitrogens is 1. The van der Waals surface area contributed by atoms with Gasteiger partial charge in [0, 0.05) is 0 Å². The highest BCUT2D eigenvalue weighted by Gasteiger charge is 2.20. The van der Waals surface area contributed by atoms with Crippen LogP contribution in [0.25, 0.3) is 0 Å². The Morgan fingerprint density at radius 3 is 2.46 bits per heavy atom. The van der Waals surface area contributed by atoms with Gasteiger partial charge in [-0.25, -0.2) is 4.98 Å². The minimum atomic E-state index is -0.721. The molecule has 0 atom stereocenters. The predicted molar refractivity (Wildman–Crippen MR) is 103 cm³/mol. The topological polar surface area (TPSA) is 80.3 Å². The Hall–Kier alpha value is -1.73. The zero-order valence-electron chi connectivity index (χ0n) is 13.6. The van der Waals surface area contributed by atoms with E-state index < -0.39 is 11.8 Å². The number of hydrogen-bond acceptors (Lipinski definition) is 4. The van der Waals surface area contributed by atoms with E-state index in [1.165, 1.54) is 7.11 Å². The van der Waals surface area contributed by atoms with E-state index in [1.54, 1.807) is 12.1 Å². The molecule has 0 aliphatic heterocycles. The Kier molecular flexibility index (Phi) is 6.94. The number of nitrogens with one attached hydrogen (secondary N) is 2. The lowest BCUT2D eigenvalue weighted by Gasteiger charge is -2.12. The average molecular weight is 437 g/mol. The van der Waals surface area contributed by atoms with Crippen molar-refractivity contribution in [1.82, 2.24) is 10.3 Å². The highest BCUT2D eigenvalue weighted by atomic mass is 35.5. The number of benzene rings is 1. The van der Waals surface area contributed by atoms with Gasteiger partial charge in [0.15, 0.2) is 0 Å². The van der Waals surface area contributed by atoms with E-state index in [0.717, 1.165) is 5.56 Å². The van der Waals surface area contributed by atoms with Gasteiger partial charge in [-0.05, 0) is 24.6 Å². The van der Waals surface area contributed by atoms with Crippen molar-refractivity contribution >= 4 is 63.9 Å². The minimum absolute atomic E-state index is 0.0563. The third-order valence-electron chi connectivity index (χ3n) is 3.24. The number of ether oxygens (including phenoxy) is 1. The van der Waals surface area contributed by atoms with Crippen molar-refractivity contribution in [3.8, 4) is 5.75 Å². The Morgan fingerprint density at radius 1 is 1.12 bits per heavy atom. The number of aryl methyl sites for hydroxylation is 1. The van der Waals surface area contributed by atoms with Gasteiger partial charge < -0.3 is 15.4 Å². The Labute approximate surface area is 169 Å². The van der Waals surface area contributed by atoms with Crippen LogP contribution in [0, 0.1) is 6.92 Å². The standard InChI is InChI=1S/C16H13Cl4N3O3/c1-7-3-4-9(26-2)8(5-7)22-10(24)6-21-16(25)14-12(18)11(17)13(19)15(20)23-14/h3-5H,6H2,1-2H3,(H,21,25)(H,22,24). The highest BCUT2D eigenvalue weighted by Crippen LogP contribution is 2.36. The fourth-order valence-electron chi connectivity index (χ4n) is 2.00. The first-order valence-electron chi connectivity index (χ1n) is 7.17. The fraction of sp³-hybridized carbons (Fsp3) is 0.188. The van der Waals surface area contributed by atoms with Gasteiger partial charge in [0.1, 0.15) is 16.6 Å². The van der Waals surface area contributed by atoms with Crippen LogP contribution in [0.3, 0.4) is 0 Å². The van der Waals surface area contributed by atoms with Crippen LogP contribution in [-0.4, -0.2) is 30.5 Å². The van der Waals surface area contributed by atoms with Crippen molar-refractivity contribution < 1.29 is 14.3 Å². The molecule has 2 N–H and O–H groups in total. The molecule has 138 valence electrons. The summed E-state index contributed by atoms with van der Waals surface area (Å²) in [7, 11) is 1.49. The lowest BCUT2D eigenvalue weighted by atomic mass is 10.2. The van der Waals surface area contributed by atoms with Crippen molar-refractivity contribution in [1.29, 1.82) is 0 Å². The molecular weight excluding hydrogens is 424 g/mol. The molecule has 0 bridgehead atoms. The zero-order valence-corrected chi connectivity index (χ0v) is 16.6. The summed E-state index contributed by atoms with van der Waals surface area (Å²) < 4.78 is 5.18. The third kappa shape index (κ3) is 4.71. The molecule has 26 heavy (non-hydrogen) atoms. The van der Waals surface area contributed by atoms with Crippen LogP contribution in [0.5, 0.6) is 5.75 Å². The molecule has 0 spiro atoms. The number of nitrogens with zero attached hydrogens (tertiary/aromatic N) is 1. The molecule has 0 saturated carbocycles. The second-order valence-electron chi connectivity index (χ2n) is 5.13. The number of amides is 2. The number of carbonyl (C=O) groups is 2. The molecule has 2 rings (SSSR count). The summed E-state index contributed by atoms with van der Waals surface area (Å²) in [5, 5.41) is 4.57. The van der Waals surface area contributed by atoms with Gasteiger partial charge in [0.2, 0.25) is 5.91 Å². The van der Waals surface area contributed by atoms with Gasteiger partial charge in [-0.15, -0.1) is 0 Å². The summed E-state index contributed by atoms with van der Waals surface area (Å²) in [5.41, 5.74) is 1.19. The van der Waals surface area contributed by atoms with Crippen LogP contribution in [0.15, 0.2) is 18.2 Å². The fourth-order valence-corrected chi connectivity index (χ4v) is 2.81. The smallest absolute Gasteiger partial charge is 0.271 e. The Bertz CT molecular complexity index is 874. The molecule has 0 unspecified atom stereocenters. The van der Waals surface area contributed by atoms with Gasteiger partial charge in [-0.2, -0.15) is 0 Å². The Balaban J connectivity index is 2.06. The summed E-state index contributed by atoms with van der Waals surface area (Å²) >= 11 is 23.4. The molecule has 6 nitrogen and oxygen atoms in total. The number of hydrogen-bond donors (Lipinski definition) is 2. The number of halogens is 4. The van der Waals surface area contributed by atoms with E-state index in [9.17, 15) is 9.59 Å². The zero-order chi connectivity index (χ0) is 19.4. The van der Waals surface area contributed by atoms with Crippen LogP contribution < -0.4 is 15.4 Å². The number of methoxy groups -OCH3 is 1. The first-order valence-corrected chi connectivity index (χ1v) is 8.68. The molecule has 0 aliphatic carbocycles. The summed E-state index contributed by atoms with van der Waals surface area (Å²) in [5.74, 6) is -0.692. The van der Waals surface area contributed by atoms with Gasteiger partial charge in [0.05, 0.1) is 34.4 Å². The Morgan fingerprint density at radius 2 is 1.81 bits per heavy atom.